The van der Waals surface area contributed by atoms with Crippen LogP contribution in [0.1, 0.15) is 5.56 Å². The van der Waals surface area contributed by atoms with E-state index in [1.54, 1.807) is 11.1 Å². The summed E-state index contributed by atoms with van der Waals surface area (Å²) >= 11 is 0. The highest BCUT2D eigenvalue weighted by Crippen LogP contribution is 2.00. The lowest BCUT2D eigenvalue weighted by Crippen LogP contribution is -2.56. The number of carbonyl (C=O) groups is 2. The van der Waals surface area contributed by atoms with Crippen LogP contribution in [0.3, 0.4) is 0 Å². The van der Waals surface area contributed by atoms with Gasteiger partial charge in [-0.25, -0.2) is 5.01 Å². The first-order valence-electron chi connectivity index (χ1n) is 7.46. The van der Waals surface area contributed by atoms with Crippen LogP contribution in [0, 0.1) is 0 Å². The summed E-state index contributed by atoms with van der Waals surface area (Å²) < 4.78 is 5.19. The summed E-state index contributed by atoms with van der Waals surface area (Å²) in [6.45, 7) is 1.76. The van der Waals surface area contributed by atoms with Crippen molar-refractivity contribution in [2.45, 2.75) is 6.04 Å². The fourth-order valence-corrected chi connectivity index (χ4v) is 2.06. The van der Waals surface area contributed by atoms with E-state index >= 15 is 0 Å². The van der Waals surface area contributed by atoms with Crippen molar-refractivity contribution < 1.29 is 19.4 Å². The van der Waals surface area contributed by atoms with Gasteiger partial charge in [-0.2, -0.15) is 0 Å². The van der Waals surface area contributed by atoms with Crippen LogP contribution in [0.4, 0.5) is 0 Å². The van der Waals surface area contributed by atoms with E-state index < -0.39 is 24.5 Å². The lowest BCUT2D eigenvalue weighted by Gasteiger charge is -2.28. The second kappa shape index (κ2) is 9.04. The topological polar surface area (TPSA) is 90.9 Å². The van der Waals surface area contributed by atoms with Crippen molar-refractivity contribution in [3.05, 3.63) is 42.0 Å². The number of morpholine rings is 1. The summed E-state index contributed by atoms with van der Waals surface area (Å²) in [4.78, 5) is 23.9. The summed E-state index contributed by atoms with van der Waals surface area (Å²) in [6, 6.07) is 8.34. The van der Waals surface area contributed by atoms with Gasteiger partial charge < -0.3 is 15.2 Å². The minimum Gasteiger partial charge on any atom is -0.394 e. The van der Waals surface area contributed by atoms with E-state index in [1.165, 1.54) is 6.08 Å². The molecule has 1 atom stereocenters. The highest BCUT2D eigenvalue weighted by Gasteiger charge is 2.22. The van der Waals surface area contributed by atoms with Gasteiger partial charge in [0.15, 0.2) is 0 Å². The Morgan fingerprint density at radius 1 is 1.26 bits per heavy atom. The van der Waals surface area contributed by atoms with Crippen LogP contribution in [0.2, 0.25) is 0 Å². The molecule has 2 rings (SSSR count). The molecule has 23 heavy (non-hydrogen) atoms. The molecule has 3 N–H and O–H groups in total. The quantitative estimate of drug-likeness (QED) is 0.617. The number of rotatable bonds is 6. The van der Waals surface area contributed by atoms with Crippen LogP contribution in [0.5, 0.6) is 0 Å². The molecule has 0 aliphatic carbocycles. The molecule has 1 saturated heterocycles. The molecule has 7 nitrogen and oxygen atoms in total. The Bertz CT molecular complexity index is 542. The minimum absolute atomic E-state index is 0.440. The number of nitrogens with one attached hydrogen (secondary N) is 2. The Kier molecular flexibility index (Phi) is 6.74. The number of ether oxygens (including phenoxy) is 1. The Hall–Kier alpha value is -2.22. The minimum atomic E-state index is -0.995. The zero-order chi connectivity index (χ0) is 16.5. The Labute approximate surface area is 134 Å². The number of aliphatic hydroxyl groups is 1. The smallest absolute Gasteiger partial charge is 0.259 e. The molecule has 0 radical (unpaired) electrons. The number of hydrazine groups is 1. The Morgan fingerprint density at radius 2 is 1.96 bits per heavy atom. The maximum absolute atomic E-state index is 12.1. The number of benzene rings is 1. The average molecular weight is 319 g/mol. The van der Waals surface area contributed by atoms with Crippen molar-refractivity contribution in [1.82, 2.24) is 15.8 Å². The monoisotopic (exact) mass is 319 g/mol. The average Bonchev–Trinajstić information content (AvgIpc) is 2.59. The van der Waals surface area contributed by atoms with Crippen molar-refractivity contribution in [1.29, 1.82) is 0 Å². The van der Waals surface area contributed by atoms with Gasteiger partial charge in [0.25, 0.3) is 5.91 Å². The normalized spacial score (nSPS) is 16.9. The van der Waals surface area contributed by atoms with Crippen LogP contribution >= 0.6 is 0 Å². The lowest BCUT2D eigenvalue weighted by molar-refractivity contribution is -0.133. The van der Waals surface area contributed by atoms with E-state index in [0.29, 0.717) is 26.3 Å². The lowest BCUT2D eigenvalue weighted by atomic mass is 10.2. The second-order valence-corrected chi connectivity index (χ2v) is 5.06. The van der Waals surface area contributed by atoms with Gasteiger partial charge in [0.05, 0.1) is 19.8 Å². The van der Waals surface area contributed by atoms with Crippen molar-refractivity contribution in [3.8, 4) is 0 Å². The molecular weight excluding hydrogens is 298 g/mol. The largest absolute Gasteiger partial charge is 0.394 e. The van der Waals surface area contributed by atoms with Gasteiger partial charge in [0.2, 0.25) is 5.91 Å². The third kappa shape index (κ3) is 5.82. The number of aliphatic hydroxyl groups excluding tert-OH is 1. The number of hydrogen-bond acceptors (Lipinski definition) is 5. The number of hydrogen-bond donors (Lipinski definition) is 3. The van der Waals surface area contributed by atoms with Gasteiger partial charge >= 0.3 is 0 Å². The van der Waals surface area contributed by atoms with Gasteiger partial charge in [-0.3, -0.25) is 15.0 Å². The zero-order valence-corrected chi connectivity index (χ0v) is 12.8. The predicted octanol–water partition coefficient (Wildman–Crippen LogP) is -0.460. The maximum atomic E-state index is 12.1. The first kappa shape index (κ1) is 17.1. The van der Waals surface area contributed by atoms with E-state index in [-0.39, 0.29) is 0 Å². The van der Waals surface area contributed by atoms with Crippen molar-refractivity contribution >= 4 is 17.9 Å². The van der Waals surface area contributed by atoms with Crippen LogP contribution in [0.15, 0.2) is 36.4 Å². The van der Waals surface area contributed by atoms with Crippen molar-refractivity contribution in [3.63, 3.8) is 0 Å². The molecule has 1 aliphatic rings. The van der Waals surface area contributed by atoms with Crippen molar-refractivity contribution in [2.24, 2.45) is 0 Å². The summed E-state index contributed by atoms with van der Waals surface area (Å²) in [5, 5.41) is 13.5. The third-order valence-corrected chi connectivity index (χ3v) is 3.32. The first-order chi connectivity index (χ1) is 11.2. The van der Waals surface area contributed by atoms with Crippen molar-refractivity contribution in [2.75, 3.05) is 32.9 Å². The Morgan fingerprint density at radius 3 is 2.61 bits per heavy atom. The fourth-order valence-electron chi connectivity index (χ4n) is 2.06. The van der Waals surface area contributed by atoms with Gasteiger partial charge in [-0.15, -0.1) is 0 Å². The first-order valence-corrected chi connectivity index (χ1v) is 7.46. The predicted molar refractivity (Wildman–Crippen MR) is 85.0 cm³/mol. The molecule has 1 heterocycles. The molecule has 124 valence electrons. The summed E-state index contributed by atoms with van der Waals surface area (Å²) in [6.07, 6.45) is 2.98. The standard InChI is InChI=1S/C16H21N3O4/c20-12-14(16(22)18-19-8-10-23-11-9-19)17-15(21)7-6-13-4-2-1-3-5-13/h1-7,14,20H,8-12H2,(H,17,21)(H,18,22). The van der Waals surface area contributed by atoms with Gasteiger partial charge in [0, 0.05) is 19.2 Å². The molecule has 1 aromatic carbocycles. The van der Waals surface area contributed by atoms with E-state index in [9.17, 15) is 14.7 Å². The molecule has 1 aromatic rings. The van der Waals surface area contributed by atoms with Gasteiger partial charge in [0.1, 0.15) is 6.04 Å². The summed E-state index contributed by atoms with van der Waals surface area (Å²) in [5.41, 5.74) is 3.54. The molecule has 1 fully saturated rings. The summed E-state index contributed by atoms with van der Waals surface area (Å²) in [5.74, 6) is -0.888. The highest BCUT2D eigenvalue weighted by atomic mass is 16.5. The van der Waals surface area contributed by atoms with Crippen LogP contribution < -0.4 is 10.7 Å². The highest BCUT2D eigenvalue weighted by molar-refractivity contribution is 5.95. The van der Waals surface area contributed by atoms with Gasteiger partial charge in [-0.1, -0.05) is 30.3 Å². The number of amides is 2. The van der Waals surface area contributed by atoms with Crippen LogP contribution in [-0.2, 0) is 14.3 Å². The SMILES string of the molecule is O=C(C=Cc1ccccc1)NC(CO)C(=O)NN1CCOCC1. The third-order valence-electron chi connectivity index (χ3n) is 3.32. The van der Waals surface area contributed by atoms with Gasteiger partial charge in [-0.05, 0) is 11.6 Å². The molecule has 0 spiro atoms. The molecule has 0 bridgehead atoms. The molecular formula is C16H21N3O4. The second-order valence-electron chi connectivity index (χ2n) is 5.06. The number of carbonyl (C=O) groups excluding carboxylic acids is 2. The van der Waals surface area contributed by atoms with E-state index in [2.05, 4.69) is 10.7 Å². The van der Waals surface area contributed by atoms with E-state index in [4.69, 9.17) is 4.74 Å². The van der Waals surface area contributed by atoms with E-state index in [1.807, 2.05) is 30.3 Å². The van der Waals surface area contributed by atoms with E-state index in [0.717, 1.165) is 5.56 Å². The summed E-state index contributed by atoms with van der Waals surface area (Å²) in [7, 11) is 0. The maximum Gasteiger partial charge on any atom is 0.259 e. The fraction of sp³-hybridized carbons (Fsp3) is 0.375. The Balaban J connectivity index is 1.84. The molecule has 0 saturated carbocycles. The molecule has 7 heteroatoms. The molecule has 0 aromatic heterocycles. The zero-order valence-electron chi connectivity index (χ0n) is 12.8. The van der Waals surface area contributed by atoms with Crippen LogP contribution in [0.25, 0.3) is 6.08 Å². The molecule has 2 amide bonds. The van der Waals surface area contributed by atoms with Crippen LogP contribution in [-0.4, -0.2) is 60.9 Å². The molecule has 1 unspecified atom stereocenters. The molecule has 1 aliphatic heterocycles. The number of nitrogens with zero attached hydrogens (tertiary/aromatic N) is 1.